The molecular weight excluding hydrogens is 365 g/mol. The molecule has 1 saturated carbocycles. The Bertz CT molecular complexity index is 934. The average molecular weight is 382 g/mol. The zero-order chi connectivity index (χ0) is 19.2. The molecule has 1 atom stereocenters. The summed E-state index contributed by atoms with van der Waals surface area (Å²) >= 11 is 0. The molecule has 144 valence electrons. The molecule has 27 heavy (non-hydrogen) atoms. The summed E-state index contributed by atoms with van der Waals surface area (Å²) in [6, 6.07) is 0.101. The first-order chi connectivity index (χ1) is 12.9. The highest BCUT2D eigenvalue weighted by Crippen LogP contribution is 2.35. The van der Waals surface area contributed by atoms with E-state index in [2.05, 4.69) is 25.6 Å². The Labute approximate surface area is 152 Å². The van der Waals surface area contributed by atoms with Gasteiger partial charge in [0.2, 0.25) is 5.82 Å². The standard InChI is InChI=1S/C16H17F3N6O2/c1-26-10-7-15(27-2,5-6-20-10)25-8-21-11-12(22-9-3-4-9)23-14(16(17,18)19)24-13(11)25/h5-9,20H,3-4H2,1-2H3,(H,22,23,24). The van der Waals surface area contributed by atoms with Crippen LogP contribution in [0, 0.1) is 0 Å². The summed E-state index contributed by atoms with van der Waals surface area (Å²) in [6.07, 6.45) is 3.22. The van der Waals surface area contributed by atoms with Gasteiger partial charge in [-0.2, -0.15) is 13.2 Å². The molecule has 0 aromatic carbocycles. The van der Waals surface area contributed by atoms with E-state index in [4.69, 9.17) is 9.47 Å². The summed E-state index contributed by atoms with van der Waals surface area (Å²) in [5, 5.41) is 5.87. The molecule has 8 nitrogen and oxygen atoms in total. The van der Waals surface area contributed by atoms with Crippen molar-refractivity contribution in [2.45, 2.75) is 30.8 Å². The van der Waals surface area contributed by atoms with Crippen molar-refractivity contribution in [1.29, 1.82) is 0 Å². The van der Waals surface area contributed by atoms with Gasteiger partial charge in [0.25, 0.3) is 0 Å². The predicted molar refractivity (Wildman–Crippen MR) is 89.3 cm³/mol. The highest BCUT2D eigenvalue weighted by atomic mass is 19.4. The SMILES string of the molecule is COC1=CC(OC)(n2cnc3c(NC4CC4)nc(C(F)(F)F)nc32)C=CN1. The molecule has 2 aromatic heterocycles. The number of halogens is 3. The number of ether oxygens (including phenoxy) is 2. The van der Waals surface area contributed by atoms with Crippen molar-refractivity contribution in [3.8, 4) is 0 Å². The molecule has 11 heteroatoms. The Morgan fingerprint density at radius 1 is 1.30 bits per heavy atom. The number of nitrogens with zero attached hydrogens (tertiary/aromatic N) is 4. The van der Waals surface area contributed by atoms with Gasteiger partial charge in [-0.05, 0) is 18.9 Å². The minimum atomic E-state index is -4.69. The first-order valence-electron chi connectivity index (χ1n) is 8.22. The summed E-state index contributed by atoms with van der Waals surface area (Å²) < 4.78 is 52.3. The van der Waals surface area contributed by atoms with E-state index in [0.29, 0.717) is 5.88 Å². The van der Waals surface area contributed by atoms with Crippen LogP contribution in [0.1, 0.15) is 18.7 Å². The van der Waals surface area contributed by atoms with Crippen LogP contribution >= 0.6 is 0 Å². The molecular formula is C16H17F3N6O2. The molecule has 4 rings (SSSR count). The minimum Gasteiger partial charge on any atom is -0.482 e. The van der Waals surface area contributed by atoms with Crippen LogP contribution in [0.2, 0.25) is 0 Å². The Morgan fingerprint density at radius 2 is 2.07 bits per heavy atom. The number of hydrogen-bond donors (Lipinski definition) is 2. The van der Waals surface area contributed by atoms with Gasteiger partial charge in [-0.15, -0.1) is 0 Å². The lowest BCUT2D eigenvalue weighted by molar-refractivity contribution is -0.144. The van der Waals surface area contributed by atoms with Crippen molar-refractivity contribution in [1.82, 2.24) is 24.8 Å². The van der Waals surface area contributed by atoms with Gasteiger partial charge in [0.1, 0.15) is 6.33 Å². The van der Waals surface area contributed by atoms with Gasteiger partial charge in [-0.25, -0.2) is 15.0 Å². The van der Waals surface area contributed by atoms with Crippen molar-refractivity contribution in [2.24, 2.45) is 0 Å². The molecule has 0 saturated heterocycles. The Balaban J connectivity index is 1.92. The van der Waals surface area contributed by atoms with E-state index in [0.717, 1.165) is 12.8 Å². The number of rotatable bonds is 5. The molecule has 0 radical (unpaired) electrons. The number of methoxy groups -OCH3 is 2. The average Bonchev–Trinajstić information content (AvgIpc) is 3.35. The van der Waals surface area contributed by atoms with E-state index in [1.807, 2.05) is 0 Å². The van der Waals surface area contributed by atoms with Gasteiger partial charge >= 0.3 is 6.18 Å². The summed E-state index contributed by atoms with van der Waals surface area (Å²) in [5.74, 6) is -0.795. The van der Waals surface area contributed by atoms with Crippen molar-refractivity contribution >= 4 is 17.0 Å². The third kappa shape index (κ3) is 3.07. The number of aromatic nitrogens is 4. The fourth-order valence-corrected chi connectivity index (χ4v) is 2.82. The normalized spacial score (nSPS) is 22.5. The van der Waals surface area contributed by atoms with Gasteiger partial charge in [0.05, 0.1) is 7.11 Å². The largest absolute Gasteiger partial charge is 0.482 e. The van der Waals surface area contributed by atoms with Crippen LogP contribution < -0.4 is 10.6 Å². The topological polar surface area (TPSA) is 86.1 Å². The summed E-state index contributed by atoms with van der Waals surface area (Å²) in [4.78, 5) is 11.6. The van der Waals surface area contributed by atoms with Crippen LogP contribution in [0.25, 0.3) is 11.2 Å². The summed E-state index contributed by atoms with van der Waals surface area (Å²) in [6.45, 7) is 0. The quantitative estimate of drug-likeness (QED) is 0.821. The Kier molecular flexibility index (Phi) is 3.98. The van der Waals surface area contributed by atoms with E-state index in [1.54, 1.807) is 18.4 Å². The fourth-order valence-electron chi connectivity index (χ4n) is 2.82. The van der Waals surface area contributed by atoms with Crippen LogP contribution in [-0.2, 0) is 21.4 Å². The second-order valence-electron chi connectivity index (χ2n) is 6.25. The second kappa shape index (κ2) is 6.12. The van der Waals surface area contributed by atoms with Crippen LogP contribution in [0.5, 0.6) is 0 Å². The third-order valence-electron chi connectivity index (χ3n) is 4.38. The molecule has 3 heterocycles. The molecule has 2 aromatic rings. The maximum Gasteiger partial charge on any atom is 0.451 e. The second-order valence-corrected chi connectivity index (χ2v) is 6.25. The van der Waals surface area contributed by atoms with Gasteiger partial charge in [-0.3, -0.25) is 4.57 Å². The molecule has 1 aliphatic heterocycles. The van der Waals surface area contributed by atoms with Crippen molar-refractivity contribution in [3.05, 3.63) is 36.4 Å². The van der Waals surface area contributed by atoms with E-state index < -0.39 is 17.7 Å². The molecule has 0 amide bonds. The maximum atomic E-state index is 13.4. The van der Waals surface area contributed by atoms with Gasteiger partial charge in [-0.1, -0.05) is 0 Å². The lowest BCUT2D eigenvalue weighted by atomic mass is 10.1. The number of hydrogen-bond acceptors (Lipinski definition) is 7. The molecule has 1 fully saturated rings. The third-order valence-corrected chi connectivity index (χ3v) is 4.38. The van der Waals surface area contributed by atoms with Gasteiger partial charge < -0.3 is 20.1 Å². The number of fused-ring (bicyclic) bond motifs is 1. The highest BCUT2D eigenvalue weighted by molar-refractivity contribution is 5.83. The molecule has 1 aliphatic carbocycles. The van der Waals surface area contributed by atoms with E-state index >= 15 is 0 Å². The van der Waals surface area contributed by atoms with Crippen LogP contribution in [0.4, 0.5) is 19.0 Å². The van der Waals surface area contributed by atoms with Crippen molar-refractivity contribution < 1.29 is 22.6 Å². The molecule has 2 aliphatic rings. The summed E-state index contributed by atoms with van der Waals surface area (Å²) in [5.41, 5.74) is -1.01. The molecule has 2 N–H and O–H groups in total. The van der Waals surface area contributed by atoms with E-state index in [1.165, 1.54) is 25.1 Å². The lowest BCUT2D eigenvalue weighted by Crippen LogP contribution is -2.36. The van der Waals surface area contributed by atoms with Crippen LogP contribution in [0.15, 0.2) is 30.6 Å². The molecule has 0 bridgehead atoms. The maximum absolute atomic E-state index is 13.4. The number of alkyl halides is 3. The fraction of sp³-hybridized carbons (Fsp3) is 0.438. The zero-order valence-electron chi connectivity index (χ0n) is 14.5. The number of anilines is 1. The minimum absolute atomic E-state index is 0.000535. The predicted octanol–water partition coefficient (Wildman–Crippen LogP) is 2.32. The van der Waals surface area contributed by atoms with E-state index in [9.17, 15) is 13.2 Å². The highest BCUT2D eigenvalue weighted by Gasteiger charge is 2.39. The van der Waals surface area contributed by atoms with Gasteiger partial charge in [0, 0.05) is 25.4 Å². The molecule has 1 unspecified atom stereocenters. The number of nitrogens with one attached hydrogen (secondary N) is 2. The lowest BCUT2D eigenvalue weighted by Gasteiger charge is -2.30. The first-order valence-corrected chi connectivity index (χ1v) is 8.22. The first kappa shape index (κ1) is 17.6. The summed E-state index contributed by atoms with van der Waals surface area (Å²) in [7, 11) is 2.90. The number of dihydropyridines is 1. The monoisotopic (exact) mass is 382 g/mol. The van der Waals surface area contributed by atoms with Crippen LogP contribution in [0.3, 0.4) is 0 Å². The smallest absolute Gasteiger partial charge is 0.451 e. The molecule has 0 spiro atoms. The Morgan fingerprint density at radius 3 is 2.70 bits per heavy atom. The van der Waals surface area contributed by atoms with Crippen LogP contribution in [-0.4, -0.2) is 39.8 Å². The van der Waals surface area contributed by atoms with Crippen molar-refractivity contribution in [2.75, 3.05) is 19.5 Å². The van der Waals surface area contributed by atoms with E-state index in [-0.39, 0.29) is 23.0 Å². The zero-order valence-corrected chi connectivity index (χ0v) is 14.5. The Hall–Kier alpha value is -2.82. The number of imidazole rings is 1. The van der Waals surface area contributed by atoms with Gasteiger partial charge in [0.15, 0.2) is 28.6 Å². The van der Waals surface area contributed by atoms with Crippen molar-refractivity contribution in [3.63, 3.8) is 0 Å².